The molecular formula is C14H12O2S. The van der Waals surface area contributed by atoms with Crippen LogP contribution in [0.3, 0.4) is 0 Å². The molecule has 0 radical (unpaired) electrons. The fraction of sp³-hybridized carbons (Fsp3) is 0.143. The first-order valence-corrected chi connectivity index (χ1v) is 6.33. The molecule has 1 unspecified atom stereocenters. The average molecular weight is 244 g/mol. The lowest BCUT2D eigenvalue weighted by Gasteiger charge is -2.08. The van der Waals surface area contributed by atoms with Crippen LogP contribution in [0.15, 0.2) is 46.4 Å². The third-order valence-corrected chi connectivity index (χ3v) is 3.86. The largest absolute Gasteiger partial charge is 0.464 e. The van der Waals surface area contributed by atoms with E-state index in [0.29, 0.717) is 0 Å². The van der Waals surface area contributed by atoms with Gasteiger partial charge < -0.3 is 9.52 Å². The third-order valence-electron chi connectivity index (χ3n) is 3.00. The van der Waals surface area contributed by atoms with Crippen molar-refractivity contribution in [3.63, 3.8) is 0 Å². The van der Waals surface area contributed by atoms with Crippen LogP contribution < -0.4 is 0 Å². The van der Waals surface area contributed by atoms with Crippen LogP contribution in [-0.2, 0) is 0 Å². The minimum absolute atomic E-state index is 0.607. The Morgan fingerprint density at radius 2 is 2.00 bits per heavy atom. The molecule has 86 valence electrons. The van der Waals surface area contributed by atoms with Gasteiger partial charge in [0.2, 0.25) is 0 Å². The van der Waals surface area contributed by atoms with Crippen molar-refractivity contribution in [3.05, 3.63) is 58.0 Å². The van der Waals surface area contributed by atoms with E-state index in [1.807, 2.05) is 42.6 Å². The average Bonchev–Trinajstić information content (AvgIpc) is 2.94. The van der Waals surface area contributed by atoms with Crippen molar-refractivity contribution in [3.8, 4) is 0 Å². The summed E-state index contributed by atoms with van der Waals surface area (Å²) in [6.45, 7) is 2.02. The second-order valence-electron chi connectivity index (χ2n) is 4.02. The number of rotatable bonds is 2. The molecule has 3 aromatic rings. The molecule has 2 aromatic heterocycles. The van der Waals surface area contributed by atoms with Gasteiger partial charge in [-0.15, -0.1) is 11.3 Å². The normalized spacial score (nSPS) is 13.1. The van der Waals surface area contributed by atoms with Crippen molar-refractivity contribution in [1.82, 2.24) is 0 Å². The molecule has 2 heterocycles. The first kappa shape index (κ1) is 10.6. The number of hydrogen-bond donors (Lipinski definition) is 1. The van der Waals surface area contributed by atoms with E-state index in [1.165, 1.54) is 0 Å². The number of thiophene rings is 1. The highest BCUT2D eigenvalue weighted by molar-refractivity contribution is 7.10. The number of aliphatic hydroxyl groups is 1. The molecule has 17 heavy (non-hydrogen) atoms. The molecular weight excluding hydrogens is 232 g/mol. The zero-order valence-electron chi connectivity index (χ0n) is 9.38. The maximum absolute atomic E-state index is 10.4. The minimum Gasteiger partial charge on any atom is -0.464 e. The summed E-state index contributed by atoms with van der Waals surface area (Å²) in [4.78, 5) is 1.14. The monoisotopic (exact) mass is 244 g/mol. The van der Waals surface area contributed by atoms with Gasteiger partial charge in [0.1, 0.15) is 11.7 Å². The summed E-state index contributed by atoms with van der Waals surface area (Å²) in [6, 6.07) is 9.73. The van der Waals surface area contributed by atoms with Crippen molar-refractivity contribution in [2.75, 3.05) is 0 Å². The summed E-state index contributed by atoms with van der Waals surface area (Å²) in [5.74, 6) is 0. The van der Waals surface area contributed by atoms with Gasteiger partial charge in [-0.2, -0.15) is 0 Å². The Hall–Kier alpha value is -1.58. The highest BCUT2D eigenvalue weighted by Crippen LogP contribution is 2.33. The lowest BCUT2D eigenvalue weighted by Crippen LogP contribution is -1.98. The summed E-state index contributed by atoms with van der Waals surface area (Å²) >= 11 is 1.64. The fourth-order valence-corrected chi connectivity index (χ4v) is 2.79. The molecule has 3 heteroatoms. The van der Waals surface area contributed by atoms with E-state index in [0.717, 1.165) is 27.0 Å². The van der Waals surface area contributed by atoms with E-state index in [9.17, 15) is 5.11 Å². The molecule has 1 N–H and O–H groups in total. The Bertz CT molecular complexity index is 651. The lowest BCUT2D eigenvalue weighted by atomic mass is 10.0. The van der Waals surface area contributed by atoms with Crippen LogP contribution in [0.25, 0.3) is 11.0 Å². The summed E-state index contributed by atoms with van der Waals surface area (Å²) in [5, 5.41) is 13.4. The van der Waals surface area contributed by atoms with Crippen LogP contribution in [0.1, 0.15) is 22.1 Å². The Kier molecular flexibility index (Phi) is 2.50. The Labute approximate surface area is 103 Å². The first-order valence-electron chi connectivity index (χ1n) is 5.45. The van der Waals surface area contributed by atoms with Crippen LogP contribution in [0.4, 0.5) is 0 Å². The highest BCUT2D eigenvalue weighted by Gasteiger charge is 2.18. The quantitative estimate of drug-likeness (QED) is 0.742. The molecule has 0 amide bonds. The zero-order valence-corrected chi connectivity index (χ0v) is 10.2. The number of para-hydroxylation sites is 1. The first-order chi connectivity index (χ1) is 8.27. The van der Waals surface area contributed by atoms with Crippen LogP contribution in [0.2, 0.25) is 0 Å². The van der Waals surface area contributed by atoms with Crippen molar-refractivity contribution in [2.24, 2.45) is 0 Å². The second-order valence-corrected chi connectivity index (χ2v) is 5.14. The van der Waals surface area contributed by atoms with Gasteiger partial charge in [-0.05, 0) is 30.0 Å². The predicted molar refractivity (Wildman–Crippen MR) is 69.3 cm³/mol. The third kappa shape index (κ3) is 1.68. The summed E-state index contributed by atoms with van der Waals surface area (Å²) in [6.07, 6.45) is 1.04. The summed E-state index contributed by atoms with van der Waals surface area (Å²) in [7, 11) is 0. The number of hydrogen-bond acceptors (Lipinski definition) is 3. The Morgan fingerprint density at radius 3 is 2.76 bits per heavy atom. The van der Waals surface area contributed by atoms with Gasteiger partial charge in [0.15, 0.2) is 0 Å². The zero-order chi connectivity index (χ0) is 11.8. The van der Waals surface area contributed by atoms with Gasteiger partial charge in [0, 0.05) is 15.8 Å². The summed E-state index contributed by atoms with van der Waals surface area (Å²) < 4.78 is 5.45. The number of furan rings is 1. The minimum atomic E-state index is -0.607. The van der Waals surface area contributed by atoms with Gasteiger partial charge in [0.25, 0.3) is 0 Å². The summed E-state index contributed by atoms with van der Waals surface area (Å²) in [5.41, 5.74) is 2.61. The smallest absolute Gasteiger partial charge is 0.134 e. The van der Waals surface area contributed by atoms with E-state index < -0.39 is 6.10 Å². The van der Waals surface area contributed by atoms with Crippen molar-refractivity contribution < 1.29 is 9.52 Å². The van der Waals surface area contributed by atoms with Gasteiger partial charge in [-0.3, -0.25) is 0 Å². The van der Waals surface area contributed by atoms with Crippen molar-refractivity contribution in [1.29, 1.82) is 0 Å². The predicted octanol–water partition coefficient (Wildman–Crippen LogP) is 3.88. The maximum atomic E-state index is 10.4. The van der Waals surface area contributed by atoms with Crippen molar-refractivity contribution >= 4 is 22.3 Å². The molecule has 0 aliphatic heterocycles. The van der Waals surface area contributed by atoms with Crippen LogP contribution in [-0.4, -0.2) is 5.11 Å². The second kappa shape index (κ2) is 4.02. The standard InChI is InChI=1S/C14H12O2S/c1-9-10(6-7-17-9)14(15)12-8-16-13-5-3-2-4-11(12)13/h2-8,14-15H,1H3. The van der Waals surface area contributed by atoms with Gasteiger partial charge in [-0.1, -0.05) is 18.2 Å². The van der Waals surface area contributed by atoms with Gasteiger partial charge in [-0.25, -0.2) is 0 Å². The highest BCUT2D eigenvalue weighted by atomic mass is 32.1. The molecule has 0 saturated carbocycles. The fourth-order valence-electron chi connectivity index (χ4n) is 2.06. The van der Waals surface area contributed by atoms with E-state index in [4.69, 9.17) is 4.42 Å². The van der Waals surface area contributed by atoms with Gasteiger partial charge in [0.05, 0.1) is 6.26 Å². The molecule has 3 rings (SSSR count). The molecule has 2 nitrogen and oxygen atoms in total. The SMILES string of the molecule is Cc1sccc1C(O)c1coc2ccccc12. The number of fused-ring (bicyclic) bond motifs is 1. The van der Waals surface area contributed by atoms with E-state index in [-0.39, 0.29) is 0 Å². The van der Waals surface area contributed by atoms with Gasteiger partial charge >= 0.3 is 0 Å². The molecule has 0 aliphatic rings. The van der Waals surface area contributed by atoms with Crippen LogP contribution in [0.5, 0.6) is 0 Å². The maximum Gasteiger partial charge on any atom is 0.134 e. The number of aryl methyl sites for hydroxylation is 1. The molecule has 0 saturated heterocycles. The molecule has 0 fully saturated rings. The van der Waals surface area contributed by atoms with Crippen LogP contribution >= 0.6 is 11.3 Å². The molecule has 0 spiro atoms. The number of aliphatic hydroxyl groups excluding tert-OH is 1. The van der Waals surface area contributed by atoms with E-state index in [1.54, 1.807) is 17.6 Å². The molecule has 1 atom stereocenters. The van der Waals surface area contributed by atoms with Crippen molar-refractivity contribution in [2.45, 2.75) is 13.0 Å². The molecule has 1 aromatic carbocycles. The molecule has 0 bridgehead atoms. The molecule has 0 aliphatic carbocycles. The van der Waals surface area contributed by atoms with E-state index in [2.05, 4.69) is 0 Å². The van der Waals surface area contributed by atoms with E-state index >= 15 is 0 Å². The number of benzene rings is 1. The topological polar surface area (TPSA) is 33.4 Å². The lowest BCUT2D eigenvalue weighted by molar-refractivity contribution is 0.220. The Balaban J connectivity index is 2.13. The Morgan fingerprint density at radius 1 is 1.18 bits per heavy atom. The van der Waals surface area contributed by atoms with Crippen LogP contribution in [0, 0.1) is 6.92 Å².